The smallest absolute Gasteiger partial charge is 0.338 e. The Labute approximate surface area is 163 Å². The fourth-order valence-corrected chi connectivity index (χ4v) is 3.32. The number of hydrogen-bond acceptors (Lipinski definition) is 5. The van der Waals surface area contributed by atoms with E-state index in [1.165, 1.54) is 13.0 Å². The molecule has 0 bridgehead atoms. The number of nitrogens with one attached hydrogen (secondary N) is 1. The number of ether oxygens (including phenoxy) is 1. The maximum absolute atomic E-state index is 12.8. The molecule has 7 nitrogen and oxygen atoms in total. The van der Waals surface area contributed by atoms with Gasteiger partial charge in [-0.15, -0.1) is 6.58 Å². The lowest BCUT2D eigenvalue weighted by Crippen LogP contribution is -2.35. The van der Waals surface area contributed by atoms with Crippen molar-refractivity contribution < 1.29 is 14.3 Å². The zero-order valence-electron chi connectivity index (χ0n) is 16.1. The first kappa shape index (κ1) is 19.8. The molecule has 0 radical (unpaired) electrons. The number of nitrogens with zero attached hydrogens (tertiary/aromatic N) is 2. The van der Waals surface area contributed by atoms with Gasteiger partial charge in [-0.3, -0.25) is 14.2 Å². The van der Waals surface area contributed by atoms with Gasteiger partial charge in [0.05, 0.1) is 16.5 Å². The summed E-state index contributed by atoms with van der Waals surface area (Å²) in [5.41, 5.74) is 0.674. The van der Waals surface area contributed by atoms with Crippen molar-refractivity contribution in [3.05, 3.63) is 52.6 Å². The number of aromatic nitrogens is 2. The largest absolute Gasteiger partial charge is 0.449 e. The SMILES string of the molecule is C=CCNC(=O)[C@@H](C)OC(=O)c1ccc2c(=O)n3c(nc2c1)CCCCCC3. The topological polar surface area (TPSA) is 90.3 Å². The second-order valence-corrected chi connectivity index (χ2v) is 6.96. The zero-order valence-corrected chi connectivity index (χ0v) is 16.1. The minimum Gasteiger partial charge on any atom is -0.449 e. The molecule has 1 aliphatic rings. The quantitative estimate of drug-likeness (QED) is 0.632. The number of benzene rings is 1. The van der Waals surface area contributed by atoms with E-state index in [1.807, 2.05) is 0 Å². The Morgan fingerprint density at radius 3 is 2.89 bits per heavy atom. The van der Waals surface area contributed by atoms with Crippen LogP contribution in [0.3, 0.4) is 0 Å². The Kier molecular flexibility index (Phi) is 6.23. The number of rotatable bonds is 5. The third-order valence-corrected chi connectivity index (χ3v) is 4.88. The normalized spacial score (nSPS) is 15.0. The molecule has 0 unspecified atom stereocenters. The van der Waals surface area contributed by atoms with Gasteiger partial charge < -0.3 is 10.1 Å². The molecule has 3 rings (SSSR count). The van der Waals surface area contributed by atoms with E-state index in [0.717, 1.165) is 37.9 Å². The molecule has 1 N–H and O–H groups in total. The molecule has 28 heavy (non-hydrogen) atoms. The molecule has 1 aromatic heterocycles. The summed E-state index contributed by atoms with van der Waals surface area (Å²) >= 11 is 0. The lowest BCUT2D eigenvalue weighted by atomic mass is 10.1. The fourth-order valence-electron chi connectivity index (χ4n) is 3.32. The van der Waals surface area contributed by atoms with E-state index in [0.29, 0.717) is 24.0 Å². The summed E-state index contributed by atoms with van der Waals surface area (Å²) in [7, 11) is 0. The van der Waals surface area contributed by atoms with Crippen molar-refractivity contribution in [2.45, 2.75) is 51.7 Å². The molecule has 1 atom stereocenters. The van der Waals surface area contributed by atoms with E-state index < -0.39 is 18.0 Å². The summed E-state index contributed by atoms with van der Waals surface area (Å²) in [5, 5.41) is 3.06. The second kappa shape index (κ2) is 8.82. The van der Waals surface area contributed by atoms with Crippen LogP contribution in [0.1, 0.15) is 48.8 Å². The maximum atomic E-state index is 12.8. The van der Waals surface area contributed by atoms with Gasteiger partial charge in [0.2, 0.25) is 0 Å². The molecular formula is C21H25N3O4. The highest BCUT2D eigenvalue weighted by atomic mass is 16.5. The molecule has 2 heterocycles. The van der Waals surface area contributed by atoms with E-state index in [9.17, 15) is 14.4 Å². The number of esters is 1. The van der Waals surface area contributed by atoms with Crippen LogP contribution in [-0.4, -0.2) is 34.1 Å². The third kappa shape index (κ3) is 4.30. The van der Waals surface area contributed by atoms with Crippen molar-refractivity contribution in [1.82, 2.24) is 14.9 Å². The average Bonchev–Trinajstić information content (AvgIpc) is 2.67. The molecule has 2 aromatic rings. The van der Waals surface area contributed by atoms with Crippen molar-refractivity contribution in [3.8, 4) is 0 Å². The number of carbonyl (C=O) groups is 2. The Morgan fingerprint density at radius 1 is 1.32 bits per heavy atom. The monoisotopic (exact) mass is 383 g/mol. The molecule has 0 aliphatic carbocycles. The molecule has 0 saturated heterocycles. The van der Waals surface area contributed by atoms with Crippen LogP contribution in [0.25, 0.3) is 10.9 Å². The predicted molar refractivity (Wildman–Crippen MR) is 106 cm³/mol. The lowest BCUT2D eigenvalue weighted by molar-refractivity contribution is -0.128. The fraction of sp³-hybridized carbons (Fsp3) is 0.429. The Bertz CT molecular complexity index is 964. The number of amides is 1. The van der Waals surface area contributed by atoms with Gasteiger partial charge in [-0.05, 0) is 38.0 Å². The number of carbonyl (C=O) groups excluding carboxylic acids is 2. The highest BCUT2D eigenvalue weighted by Crippen LogP contribution is 2.17. The standard InChI is InChI=1S/C21H25N3O4/c1-3-11-22-19(25)14(2)28-21(27)15-9-10-16-17(13-15)23-18-8-6-4-5-7-12-24(18)20(16)26/h3,9-10,13-14H,1,4-8,11-12H2,2H3,(H,22,25)/t14-/m1/s1. The third-order valence-electron chi connectivity index (χ3n) is 4.88. The van der Waals surface area contributed by atoms with Crippen LogP contribution < -0.4 is 10.9 Å². The second-order valence-electron chi connectivity index (χ2n) is 6.96. The number of hydrogen-bond donors (Lipinski definition) is 1. The first-order chi connectivity index (χ1) is 13.5. The van der Waals surface area contributed by atoms with Crippen LogP contribution in [0.4, 0.5) is 0 Å². The van der Waals surface area contributed by atoms with E-state index in [4.69, 9.17) is 4.74 Å². The van der Waals surface area contributed by atoms with Crippen LogP contribution in [0.2, 0.25) is 0 Å². The first-order valence-electron chi connectivity index (χ1n) is 9.64. The zero-order chi connectivity index (χ0) is 20.1. The van der Waals surface area contributed by atoms with Gasteiger partial charge in [-0.1, -0.05) is 18.9 Å². The van der Waals surface area contributed by atoms with Crippen molar-refractivity contribution in [2.75, 3.05) is 6.54 Å². The molecule has 1 aromatic carbocycles. The Hall–Kier alpha value is -2.96. The molecule has 0 fully saturated rings. The maximum Gasteiger partial charge on any atom is 0.338 e. The summed E-state index contributed by atoms with van der Waals surface area (Å²) in [4.78, 5) is 41.7. The molecule has 148 valence electrons. The first-order valence-corrected chi connectivity index (χ1v) is 9.64. The van der Waals surface area contributed by atoms with Crippen molar-refractivity contribution >= 4 is 22.8 Å². The van der Waals surface area contributed by atoms with Crippen LogP contribution in [0.15, 0.2) is 35.6 Å². The molecular weight excluding hydrogens is 358 g/mol. The van der Waals surface area contributed by atoms with Crippen LogP contribution in [0, 0.1) is 0 Å². The van der Waals surface area contributed by atoms with Gasteiger partial charge in [-0.25, -0.2) is 9.78 Å². The molecule has 1 aliphatic heterocycles. The van der Waals surface area contributed by atoms with Crippen molar-refractivity contribution in [2.24, 2.45) is 0 Å². The Balaban J connectivity index is 1.86. The minimum absolute atomic E-state index is 0.0704. The summed E-state index contributed by atoms with van der Waals surface area (Å²) in [5.74, 6) is -0.261. The summed E-state index contributed by atoms with van der Waals surface area (Å²) < 4.78 is 6.98. The van der Waals surface area contributed by atoms with Gasteiger partial charge in [0.15, 0.2) is 6.10 Å². The predicted octanol–water partition coefficient (Wildman–Crippen LogP) is 2.36. The minimum atomic E-state index is -0.933. The highest BCUT2D eigenvalue weighted by molar-refractivity contribution is 5.95. The summed E-state index contributed by atoms with van der Waals surface area (Å²) in [6.45, 7) is 6.01. The molecule has 7 heteroatoms. The average molecular weight is 383 g/mol. The van der Waals surface area contributed by atoms with Gasteiger partial charge in [-0.2, -0.15) is 0 Å². The van der Waals surface area contributed by atoms with E-state index in [2.05, 4.69) is 16.9 Å². The van der Waals surface area contributed by atoms with Crippen molar-refractivity contribution in [3.63, 3.8) is 0 Å². The number of aryl methyl sites for hydroxylation is 1. The molecule has 0 spiro atoms. The van der Waals surface area contributed by atoms with E-state index in [1.54, 1.807) is 22.8 Å². The number of fused-ring (bicyclic) bond motifs is 2. The molecule has 0 saturated carbocycles. The Morgan fingerprint density at radius 2 is 2.11 bits per heavy atom. The van der Waals surface area contributed by atoms with E-state index in [-0.39, 0.29) is 11.1 Å². The highest BCUT2D eigenvalue weighted by Gasteiger charge is 2.20. The van der Waals surface area contributed by atoms with Gasteiger partial charge >= 0.3 is 5.97 Å². The van der Waals surface area contributed by atoms with Gasteiger partial charge in [0.1, 0.15) is 5.82 Å². The van der Waals surface area contributed by atoms with E-state index >= 15 is 0 Å². The lowest BCUT2D eigenvalue weighted by Gasteiger charge is -2.16. The van der Waals surface area contributed by atoms with Crippen LogP contribution >= 0.6 is 0 Å². The summed E-state index contributed by atoms with van der Waals surface area (Å²) in [6, 6.07) is 4.71. The van der Waals surface area contributed by atoms with Gasteiger partial charge in [0, 0.05) is 19.5 Å². The van der Waals surface area contributed by atoms with Gasteiger partial charge in [0.25, 0.3) is 11.5 Å². The summed E-state index contributed by atoms with van der Waals surface area (Å²) in [6.07, 6.45) is 5.58. The van der Waals surface area contributed by atoms with Crippen LogP contribution in [0.5, 0.6) is 0 Å². The van der Waals surface area contributed by atoms with Crippen LogP contribution in [-0.2, 0) is 22.5 Å². The van der Waals surface area contributed by atoms with Crippen molar-refractivity contribution in [1.29, 1.82) is 0 Å². The molecule has 1 amide bonds.